The lowest BCUT2D eigenvalue weighted by Crippen LogP contribution is -2.28. The average molecular weight is 275 g/mol. The van der Waals surface area contributed by atoms with Gasteiger partial charge in [0.2, 0.25) is 0 Å². The Morgan fingerprint density at radius 2 is 2.15 bits per heavy atom. The van der Waals surface area contributed by atoms with Gasteiger partial charge in [-0.3, -0.25) is 9.48 Å². The van der Waals surface area contributed by atoms with Crippen molar-refractivity contribution < 1.29 is 9.18 Å². The minimum absolute atomic E-state index is 0.177. The van der Waals surface area contributed by atoms with E-state index in [-0.39, 0.29) is 11.7 Å². The molecule has 1 N–H and O–H groups in total. The highest BCUT2D eigenvalue weighted by molar-refractivity contribution is 5.92. The molecule has 1 amide bonds. The van der Waals surface area contributed by atoms with Gasteiger partial charge in [0.25, 0.3) is 5.91 Å². The summed E-state index contributed by atoms with van der Waals surface area (Å²) >= 11 is 0. The first-order valence-corrected chi connectivity index (χ1v) is 6.68. The van der Waals surface area contributed by atoms with Crippen molar-refractivity contribution in [3.05, 3.63) is 53.1 Å². The summed E-state index contributed by atoms with van der Waals surface area (Å²) in [6, 6.07) is 8.34. The van der Waals surface area contributed by atoms with Crippen LogP contribution in [0.25, 0.3) is 0 Å². The molecule has 0 saturated carbocycles. The van der Waals surface area contributed by atoms with E-state index in [0.29, 0.717) is 30.8 Å². The number of carbonyl (C=O) groups excluding carboxylic acids is 1. The fraction of sp³-hybridized carbons (Fsp3) is 0.333. The van der Waals surface area contributed by atoms with E-state index in [9.17, 15) is 9.18 Å². The Morgan fingerprint density at radius 1 is 1.40 bits per heavy atom. The maximum absolute atomic E-state index is 13.4. The SMILES string of the molecule is CCn1nc(C)cc1C(=O)NCCc1ccccc1F. The molecule has 0 spiro atoms. The van der Waals surface area contributed by atoms with Gasteiger partial charge in [-0.2, -0.15) is 5.10 Å². The first kappa shape index (κ1) is 14.2. The van der Waals surface area contributed by atoms with Crippen LogP contribution in [0.3, 0.4) is 0 Å². The van der Waals surface area contributed by atoms with Crippen LogP contribution in [0.15, 0.2) is 30.3 Å². The summed E-state index contributed by atoms with van der Waals surface area (Å²) in [7, 11) is 0. The van der Waals surface area contributed by atoms with Crippen LogP contribution in [-0.2, 0) is 13.0 Å². The number of aryl methyl sites for hydroxylation is 2. The summed E-state index contributed by atoms with van der Waals surface area (Å²) in [6.07, 6.45) is 0.470. The third kappa shape index (κ3) is 3.23. The summed E-state index contributed by atoms with van der Waals surface area (Å²) in [5.41, 5.74) is 1.96. The Morgan fingerprint density at radius 3 is 2.85 bits per heavy atom. The van der Waals surface area contributed by atoms with Crippen molar-refractivity contribution in [2.24, 2.45) is 0 Å². The second kappa shape index (κ2) is 6.32. The fourth-order valence-electron chi connectivity index (χ4n) is 2.07. The molecule has 1 heterocycles. The Hall–Kier alpha value is -2.17. The topological polar surface area (TPSA) is 46.9 Å². The van der Waals surface area contributed by atoms with E-state index < -0.39 is 0 Å². The van der Waals surface area contributed by atoms with Crippen LogP contribution in [0.2, 0.25) is 0 Å². The van der Waals surface area contributed by atoms with E-state index in [0.717, 1.165) is 5.69 Å². The summed E-state index contributed by atoms with van der Waals surface area (Å²) in [5.74, 6) is -0.417. The molecule has 5 heteroatoms. The molecule has 0 aliphatic rings. The molecule has 20 heavy (non-hydrogen) atoms. The number of hydrogen-bond donors (Lipinski definition) is 1. The molecular weight excluding hydrogens is 257 g/mol. The molecule has 0 fully saturated rings. The van der Waals surface area contributed by atoms with Crippen LogP contribution in [0, 0.1) is 12.7 Å². The Kier molecular flexibility index (Phi) is 4.50. The molecule has 0 radical (unpaired) electrons. The van der Waals surface area contributed by atoms with Gasteiger partial charge in [0.1, 0.15) is 11.5 Å². The van der Waals surface area contributed by atoms with Crippen molar-refractivity contribution in [1.29, 1.82) is 0 Å². The first-order chi connectivity index (χ1) is 9.61. The van der Waals surface area contributed by atoms with Crippen LogP contribution < -0.4 is 5.32 Å². The molecule has 0 aliphatic carbocycles. The summed E-state index contributed by atoms with van der Waals surface area (Å²) < 4.78 is 15.1. The second-order valence-electron chi connectivity index (χ2n) is 4.58. The van der Waals surface area contributed by atoms with Gasteiger partial charge in [-0.15, -0.1) is 0 Å². The van der Waals surface area contributed by atoms with E-state index in [4.69, 9.17) is 0 Å². The van der Waals surface area contributed by atoms with Gasteiger partial charge in [0, 0.05) is 13.1 Å². The van der Waals surface area contributed by atoms with Crippen molar-refractivity contribution in [2.45, 2.75) is 26.8 Å². The number of hydrogen-bond acceptors (Lipinski definition) is 2. The highest BCUT2D eigenvalue weighted by Gasteiger charge is 2.12. The second-order valence-corrected chi connectivity index (χ2v) is 4.58. The predicted octanol–water partition coefficient (Wildman–Crippen LogP) is 2.32. The minimum atomic E-state index is -0.240. The number of benzene rings is 1. The Labute approximate surface area is 117 Å². The van der Waals surface area contributed by atoms with Crippen molar-refractivity contribution in [1.82, 2.24) is 15.1 Å². The van der Waals surface area contributed by atoms with Crippen LogP contribution in [-0.4, -0.2) is 22.2 Å². The van der Waals surface area contributed by atoms with E-state index in [1.54, 1.807) is 28.9 Å². The van der Waals surface area contributed by atoms with Gasteiger partial charge in [-0.05, 0) is 38.0 Å². The molecule has 1 aromatic heterocycles. The molecule has 0 unspecified atom stereocenters. The van der Waals surface area contributed by atoms with E-state index >= 15 is 0 Å². The molecule has 2 aromatic rings. The Balaban J connectivity index is 1.94. The van der Waals surface area contributed by atoms with Gasteiger partial charge in [-0.25, -0.2) is 4.39 Å². The number of rotatable bonds is 5. The van der Waals surface area contributed by atoms with Gasteiger partial charge < -0.3 is 5.32 Å². The molecule has 2 rings (SSSR count). The molecule has 0 atom stereocenters. The predicted molar refractivity (Wildman–Crippen MR) is 75.1 cm³/mol. The van der Waals surface area contributed by atoms with Crippen molar-refractivity contribution in [3.63, 3.8) is 0 Å². The molecule has 0 saturated heterocycles. The normalized spacial score (nSPS) is 10.6. The lowest BCUT2D eigenvalue weighted by Gasteiger charge is -2.07. The third-order valence-corrected chi connectivity index (χ3v) is 3.07. The van der Waals surface area contributed by atoms with E-state index in [1.165, 1.54) is 6.07 Å². The zero-order chi connectivity index (χ0) is 14.5. The largest absolute Gasteiger partial charge is 0.350 e. The van der Waals surface area contributed by atoms with Gasteiger partial charge in [0.05, 0.1) is 5.69 Å². The van der Waals surface area contributed by atoms with Crippen molar-refractivity contribution >= 4 is 5.91 Å². The number of aromatic nitrogens is 2. The summed E-state index contributed by atoms with van der Waals surface area (Å²) in [5, 5.41) is 7.02. The lowest BCUT2D eigenvalue weighted by molar-refractivity contribution is 0.0943. The van der Waals surface area contributed by atoms with Crippen LogP contribution >= 0.6 is 0 Å². The van der Waals surface area contributed by atoms with Crippen LogP contribution in [0.1, 0.15) is 28.7 Å². The smallest absolute Gasteiger partial charge is 0.269 e. The standard InChI is InChI=1S/C15H18FN3O/c1-3-19-14(10-11(2)18-19)15(20)17-9-8-12-6-4-5-7-13(12)16/h4-7,10H,3,8-9H2,1-2H3,(H,17,20). The van der Waals surface area contributed by atoms with E-state index in [1.807, 2.05) is 13.8 Å². The maximum Gasteiger partial charge on any atom is 0.269 e. The number of halogens is 1. The molecule has 106 valence electrons. The number of nitrogens with one attached hydrogen (secondary N) is 1. The highest BCUT2D eigenvalue weighted by Crippen LogP contribution is 2.07. The number of carbonyl (C=O) groups is 1. The monoisotopic (exact) mass is 275 g/mol. The number of nitrogens with zero attached hydrogens (tertiary/aromatic N) is 2. The molecule has 0 bridgehead atoms. The quantitative estimate of drug-likeness (QED) is 0.910. The zero-order valence-corrected chi connectivity index (χ0v) is 11.7. The third-order valence-electron chi connectivity index (χ3n) is 3.07. The molecular formula is C15H18FN3O. The van der Waals surface area contributed by atoms with Crippen LogP contribution in [0.5, 0.6) is 0 Å². The average Bonchev–Trinajstić information content (AvgIpc) is 2.82. The van der Waals surface area contributed by atoms with Crippen molar-refractivity contribution in [2.75, 3.05) is 6.54 Å². The Bertz CT molecular complexity index is 607. The summed E-state index contributed by atoms with van der Waals surface area (Å²) in [4.78, 5) is 12.0. The fourth-order valence-corrected chi connectivity index (χ4v) is 2.07. The first-order valence-electron chi connectivity index (χ1n) is 6.68. The number of amides is 1. The summed E-state index contributed by atoms with van der Waals surface area (Å²) in [6.45, 7) is 4.82. The van der Waals surface area contributed by atoms with Gasteiger partial charge in [-0.1, -0.05) is 18.2 Å². The van der Waals surface area contributed by atoms with Gasteiger partial charge in [0.15, 0.2) is 0 Å². The lowest BCUT2D eigenvalue weighted by atomic mass is 10.1. The minimum Gasteiger partial charge on any atom is -0.350 e. The molecule has 0 aliphatic heterocycles. The van der Waals surface area contributed by atoms with Crippen molar-refractivity contribution in [3.8, 4) is 0 Å². The highest BCUT2D eigenvalue weighted by atomic mass is 19.1. The zero-order valence-electron chi connectivity index (χ0n) is 11.7. The van der Waals surface area contributed by atoms with E-state index in [2.05, 4.69) is 10.4 Å². The molecule has 1 aromatic carbocycles. The van der Waals surface area contributed by atoms with Gasteiger partial charge >= 0.3 is 0 Å². The molecule has 4 nitrogen and oxygen atoms in total. The maximum atomic E-state index is 13.4. The van der Waals surface area contributed by atoms with Crippen LogP contribution in [0.4, 0.5) is 4.39 Å².